The van der Waals surface area contributed by atoms with E-state index in [1.165, 1.54) is 18.9 Å². The second-order valence-corrected chi connectivity index (χ2v) is 5.54. The smallest absolute Gasteiger partial charge is 0.354 e. The third-order valence-corrected chi connectivity index (χ3v) is 4.33. The van der Waals surface area contributed by atoms with Gasteiger partial charge >= 0.3 is 11.7 Å². The van der Waals surface area contributed by atoms with Crippen LogP contribution >= 0.6 is 0 Å². The Morgan fingerprint density at radius 3 is 2.67 bits per heavy atom. The Hall–Kier alpha value is -2.18. The molecule has 0 aromatic carbocycles. The predicted octanol–water partition coefficient (Wildman–Crippen LogP) is 3.07. The van der Waals surface area contributed by atoms with Gasteiger partial charge in [-0.2, -0.15) is 0 Å². The third-order valence-electron chi connectivity index (χ3n) is 4.33. The number of rotatable bonds is 6. The van der Waals surface area contributed by atoms with Crippen molar-refractivity contribution in [2.75, 3.05) is 11.9 Å². The quantitative estimate of drug-likeness (QED) is 0.616. The van der Waals surface area contributed by atoms with Crippen LogP contribution in [-0.4, -0.2) is 27.5 Å². The van der Waals surface area contributed by atoms with E-state index in [2.05, 4.69) is 17.2 Å². The van der Waals surface area contributed by atoms with Gasteiger partial charge in [0.1, 0.15) is 0 Å². The van der Waals surface area contributed by atoms with Crippen LogP contribution in [0.25, 0.3) is 0 Å². The lowest BCUT2D eigenvalue weighted by Gasteiger charge is -2.27. The highest BCUT2D eigenvalue weighted by Gasteiger charge is 2.32. The van der Waals surface area contributed by atoms with Crippen LogP contribution in [0, 0.1) is 15.5 Å². The van der Waals surface area contributed by atoms with Gasteiger partial charge in [0.15, 0.2) is 5.69 Å². The number of anilines is 1. The van der Waals surface area contributed by atoms with Gasteiger partial charge in [0.05, 0.1) is 4.92 Å². The molecule has 1 aromatic rings. The molecule has 0 bridgehead atoms. The Bertz CT molecular complexity index is 553. The summed E-state index contributed by atoms with van der Waals surface area (Å²) in [7, 11) is 0. The number of hydrogen-bond acceptors (Lipinski definition) is 5. The number of carboxylic acids is 1. The second-order valence-electron chi connectivity index (χ2n) is 5.54. The average molecular weight is 293 g/mol. The van der Waals surface area contributed by atoms with Gasteiger partial charge in [-0.1, -0.05) is 19.8 Å². The molecule has 1 aliphatic carbocycles. The van der Waals surface area contributed by atoms with Crippen molar-refractivity contribution in [3.8, 4) is 0 Å². The maximum atomic E-state index is 11.0. The first-order valence-corrected chi connectivity index (χ1v) is 7.10. The summed E-state index contributed by atoms with van der Waals surface area (Å²) in [6.07, 6.45) is 5.50. The molecule has 0 unspecified atom stereocenters. The van der Waals surface area contributed by atoms with Crippen molar-refractivity contribution in [3.63, 3.8) is 0 Å². The van der Waals surface area contributed by atoms with E-state index in [-0.39, 0.29) is 22.6 Å². The van der Waals surface area contributed by atoms with Crippen LogP contribution in [0.5, 0.6) is 0 Å². The highest BCUT2D eigenvalue weighted by molar-refractivity contribution is 5.86. The normalized spacial score (nSPS) is 16.6. The first kappa shape index (κ1) is 15.2. The van der Waals surface area contributed by atoms with Crippen molar-refractivity contribution < 1.29 is 14.8 Å². The van der Waals surface area contributed by atoms with E-state index in [0.29, 0.717) is 6.54 Å². The lowest BCUT2D eigenvalue weighted by Crippen LogP contribution is -2.26. The van der Waals surface area contributed by atoms with Crippen LogP contribution in [0.3, 0.4) is 0 Å². The first-order chi connectivity index (χ1) is 9.97. The Labute approximate surface area is 122 Å². The van der Waals surface area contributed by atoms with Gasteiger partial charge in [0, 0.05) is 12.6 Å². The first-order valence-electron chi connectivity index (χ1n) is 7.10. The molecule has 0 spiro atoms. The third kappa shape index (κ3) is 3.29. The summed E-state index contributed by atoms with van der Waals surface area (Å²) in [6, 6.07) is 2.34. The highest BCUT2D eigenvalue weighted by Crippen LogP contribution is 2.41. The fraction of sp³-hybridized carbons (Fsp3) is 0.571. The van der Waals surface area contributed by atoms with Gasteiger partial charge in [-0.3, -0.25) is 10.1 Å². The van der Waals surface area contributed by atoms with Gasteiger partial charge in [0.2, 0.25) is 5.82 Å². The molecule has 0 saturated heterocycles. The fourth-order valence-electron chi connectivity index (χ4n) is 2.90. The zero-order valence-electron chi connectivity index (χ0n) is 12.0. The number of nitrogens with zero attached hydrogens (tertiary/aromatic N) is 2. The van der Waals surface area contributed by atoms with Crippen molar-refractivity contribution in [2.45, 2.75) is 39.0 Å². The van der Waals surface area contributed by atoms with Crippen molar-refractivity contribution in [2.24, 2.45) is 5.41 Å². The van der Waals surface area contributed by atoms with Gasteiger partial charge < -0.3 is 10.4 Å². The maximum Gasteiger partial charge on any atom is 0.354 e. The molecule has 2 rings (SSSR count). The number of carbonyl (C=O) groups is 1. The minimum absolute atomic E-state index is 0.0413. The number of aromatic nitrogens is 1. The number of nitro groups is 1. The lowest BCUT2D eigenvalue weighted by molar-refractivity contribution is -0.384. The van der Waals surface area contributed by atoms with E-state index < -0.39 is 10.9 Å². The van der Waals surface area contributed by atoms with E-state index >= 15 is 0 Å². The van der Waals surface area contributed by atoms with E-state index in [4.69, 9.17) is 5.11 Å². The van der Waals surface area contributed by atoms with Gasteiger partial charge in [0.25, 0.3) is 0 Å². The van der Waals surface area contributed by atoms with E-state index in [0.717, 1.165) is 25.3 Å². The Morgan fingerprint density at radius 2 is 2.14 bits per heavy atom. The lowest BCUT2D eigenvalue weighted by atomic mass is 9.83. The number of pyridine rings is 1. The fourth-order valence-corrected chi connectivity index (χ4v) is 2.90. The molecule has 0 amide bonds. The molecule has 1 saturated carbocycles. The van der Waals surface area contributed by atoms with Crippen molar-refractivity contribution in [3.05, 3.63) is 27.9 Å². The summed E-state index contributed by atoms with van der Waals surface area (Å²) in [5.74, 6) is -1.15. The molecule has 0 atom stereocenters. The Balaban J connectivity index is 2.22. The largest absolute Gasteiger partial charge is 0.477 e. The van der Waals surface area contributed by atoms with Crippen LogP contribution in [0.2, 0.25) is 0 Å². The molecule has 1 fully saturated rings. The molecule has 21 heavy (non-hydrogen) atoms. The van der Waals surface area contributed by atoms with Crippen molar-refractivity contribution >= 4 is 17.5 Å². The topological polar surface area (TPSA) is 105 Å². The van der Waals surface area contributed by atoms with E-state index in [1.54, 1.807) is 0 Å². The molecule has 0 radical (unpaired) electrons. The SMILES string of the molecule is CCC1(CNc2nc(C(=O)O)ccc2[N+](=O)[O-])CCCC1. The summed E-state index contributed by atoms with van der Waals surface area (Å²) in [5.41, 5.74) is -0.251. The second kappa shape index (κ2) is 6.07. The molecule has 2 N–H and O–H groups in total. The van der Waals surface area contributed by atoms with Crippen LogP contribution in [0.4, 0.5) is 11.5 Å². The number of hydrogen-bond donors (Lipinski definition) is 2. The monoisotopic (exact) mass is 293 g/mol. The number of aromatic carboxylic acids is 1. The molecule has 7 heteroatoms. The average Bonchev–Trinajstić information content (AvgIpc) is 2.94. The molecular formula is C14H19N3O4. The molecule has 7 nitrogen and oxygen atoms in total. The Kier molecular flexibility index (Phi) is 4.40. The standard InChI is InChI=1S/C14H19N3O4/c1-2-14(7-3-4-8-14)9-15-12-11(17(20)21)6-5-10(16-12)13(18)19/h5-6H,2-4,7-9H2,1H3,(H,15,16)(H,18,19). The van der Waals surface area contributed by atoms with Crippen molar-refractivity contribution in [1.29, 1.82) is 0 Å². The number of carboxylic acid groups (broad SMARTS) is 1. The maximum absolute atomic E-state index is 11.0. The zero-order valence-corrected chi connectivity index (χ0v) is 12.0. The predicted molar refractivity (Wildman–Crippen MR) is 77.5 cm³/mol. The van der Waals surface area contributed by atoms with E-state index in [1.807, 2.05) is 0 Å². The molecule has 114 valence electrons. The highest BCUT2D eigenvalue weighted by atomic mass is 16.6. The van der Waals surface area contributed by atoms with Gasteiger partial charge in [-0.25, -0.2) is 9.78 Å². The molecule has 1 aliphatic rings. The van der Waals surface area contributed by atoms with Crippen molar-refractivity contribution in [1.82, 2.24) is 4.98 Å². The van der Waals surface area contributed by atoms with E-state index in [9.17, 15) is 14.9 Å². The van der Waals surface area contributed by atoms with Crippen LogP contribution in [0.1, 0.15) is 49.5 Å². The summed E-state index contributed by atoms with van der Waals surface area (Å²) < 4.78 is 0. The minimum Gasteiger partial charge on any atom is -0.477 e. The Morgan fingerprint density at radius 1 is 1.48 bits per heavy atom. The molecule has 1 heterocycles. The zero-order chi connectivity index (χ0) is 15.5. The molecule has 1 aromatic heterocycles. The molecular weight excluding hydrogens is 274 g/mol. The van der Waals surface area contributed by atoms with Crippen LogP contribution < -0.4 is 5.32 Å². The van der Waals surface area contributed by atoms with Gasteiger partial charge in [-0.05, 0) is 30.7 Å². The molecule has 0 aliphatic heterocycles. The summed E-state index contributed by atoms with van der Waals surface area (Å²) in [6.45, 7) is 2.70. The van der Waals surface area contributed by atoms with Crippen LogP contribution in [0.15, 0.2) is 12.1 Å². The summed E-state index contributed by atoms with van der Waals surface area (Å²) in [4.78, 5) is 25.3. The number of nitrogens with one attached hydrogen (secondary N) is 1. The van der Waals surface area contributed by atoms with Crippen LogP contribution in [-0.2, 0) is 0 Å². The summed E-state index contributed by atoms with van der Waals surface area (Å²) in [5, 5.41) is 23.0. The van der Waals surface area contributed by atoms with Gasteiger partial charge in [-0.15, -0.1) is 0 Å². The summed E-state index contributed by atoms with van der Waals surface area (Å²) >= 11 is 0. The minimum atomic E-state index is -1.20.